The Morgan fingerprint density at radius 3 is 1.80 bits per heavy atom. The van der Waals surface area contributed by atoms with E-state index in [2.05, 4.69) is 39.8 Å². The maximum atomic E-state index is 13.9. The number of hydrogen-bond donors (Lipinski definition) is 3. The normalized spacial score (nSPS) is 50.3. The predicted octanol–water partition coefficient (Wildman–Crippen LogP) is 6.40. The van der Waals surface area contributed by atoms with Crippen LogP contribution in [0.1, 0.15) is 144 Å². The minimum Gasteiger partial charge on any atom is -0.459 e. The number of allylic oxidation sites excluding steroid dienone is 4. The predicted molar refractivity (Wildman–Crippen MR) is 184 cm³/mol. The van der Waals surface area contributed by atoms with E-state index in [0.29, 0.717) is 51.4 Å². The van der Waals surface area contributed by atoms with Crippen molar-refractivity contribution in [3.05, 3.63) is 23.3 Å². The van der Waals surface area contributed by atoms with E-state index in [1.165, 1.54) is 11.1 Å². The zero-order valence-electron chi connectivity index (χ0n) is 30.8. The van der Waals surface area contributed by atoms with Crippen LogP contribution in [0, 0.1) is 17.8 Å². The maximum absolute atomic E-state index is 13.9. The molecule has 9 nitrogen and oxygen atoms in total. The van der Waals surface area contributed by atoms with Crippen LogP contribution in [0.4, 0.5) is 0 Å². The van der Waals surface area contributed by atoms with Gasteiger partial charge in [0.15, 0.2) is 5.60 Å². The maximum Gasteiger partial charge on any atom is 0.338 e. The lowest BCUT2D eigenvalue weighted by Gasteiger charge is -2.46. The van der Waals surface area contributed by atoms with Gasteiger partial charge in [-0.15, -0.1) is 0 Å². The van der Waals surface area contributed by atoms with E-state index in [9.17, 15) is 24.9 Å². The van der Waals surface area contributed by atoms with Crippen LogP contribution < -0.4 is 0 Å². The summed E-state index contributed by atoms with van der Waals surface area (Å²) >= 11 is 0. The molecule has 0 aromatic carbocycles. The average Bonchev–Trinajstić information content (AvgIpc) is 3.90. The van der Waals surface area contributed by atoms with E-state index in [4.69, 9.17) is 18.9 Å². The number of carbonyl (C=O) groups is 2. The van der Waals surface area contributed by atoms with E-state index >= 15 is 0 Å². The number of fused-ring (bicyclic) bond motifs is 6. The summed E-state index contributed by atoms with van der Waals surface area (Å²) in [5, 5.41) is 35.3. The minimum atomic E-state index is -1.80. The molecule has 0 saturated carbocycles. The van der Waals surface area contributed by atoms with Gasteiger partial charge in [0, 0.05) is 5.92 Å². The van der Waals surface area contributed by atoms with Crippen LogP contribution in [-0.4, -0.2) is 79.7 Å². The molecular weight excluding hydrogens is 624 g/mol. The van der Waals surface area contributed by atoms with Crippen LogP contribution in [0.25, 0.3) is 0 Å². The molecule has 0 spiro atoms. The zero-order valence-corrected chi connectivity index (χ0v) is 30.8. The highest BCUT2D eigenvalue weighted by atomic mass is 16.6. The summed E-state index contributed by atoms with van der Waals surface area (Å²) in [6, 6.07) is 0. The SMILES string of the molecule is C/C1=C\CC[C@](C)(O)C2CC(CC[C@]3(C)OC3CC1)[C@@H](CCC1(O)C(=O)O[C@H]3C[C@H]1CC[C@]1(C)OC1CC/C(C)=C/CC[C@]3(C)O)C(=O)O2. The van der Waals surface area contributed by atoms with Crippen molar-refractivity contribution in [3.63, 3.8) is 0 Å². The topological polar surface area (TPSA) is 138 Å². The van der Waals surface area contributed by atoms with Crippen LogP contribution in [-0.2, 0) is 28.5 Å². The first-order chi connectivity index (χ1) is 22.9. The molecular formula is C40H62O9. The third-order valence-electron chi connectivity index (χ3n) is 13.6. The molecule has 12 atom stereocenters. The van der Waals surface area contributed by atoms with Crippen LogP contribution in [0.15, 0.2) is 23.3 Å². The molecule has 0 aromatic rings. The van der Waals surface area contributed by atoms with Crippen LogP contribution in [0.5, 0.6) is 0 Å². The fourth-order valence-electron chi connectivity index (χ4n) is 9.43. The van der Waals surface area contributed by atoms with Crippen molar-refractivity contribution in [3.8, 4) is 0 Å². The summed E-state index contributed by atoms with van der Waals surface area (Å²) in [7, 11) is 0. The van der Waals surface area contributed by atoms with E-state index in [1.54, 1.807) is 13.8 Å². The molecule has 4 saturated heterocycles. The van der Waals surface area contributed by atoms with Gasteiger partial charge in [0.2, 0.25) is 0 Å². The lowest BCUT2D eigenvalue weighted by atomic mass is 9.69. The van der Waals surface area contributed by atoms with Crippen molar-refractivity contribution in [2.24, 2.45) is 17.8 Å². The molecule has 4 heterocycles. The Morgan fingerprint density at radius 1 is 0.694 bits per heavy atom. The Bertz CT molecular complexity index is 1320. The molecule has 0 amide bonds. The highest BCUT2D eigenvalue weighted by Crippen LogP contribution is 2.50. The molecule has 49 heavy (non-hydrogen) atoms. The molecule has 4 bridgehead atoms. The molecule has 6 rings (SSSR count). The van der Waals surface area contributed by atoms with Crippen molar-refractivity contribution in [1.82, 2.24) is 0 Å². The summed E-state index contributed by atoms with van der Waals surface area (Å²) < 4.78 is 24.3. The molecule has 0 aromatic heterocycles. The molecule has 276 valence electrons. The van der Waals surface area contributed by atoms with Gasteiger partial charge in [0.05, 0.1) is 40.5 Å². The van der Waals surface area contributed by atoms with Gasteiger partial charge in [-0.3, -0.25) is 4.79 Å². The smallest absolute Gasteiger partial charge is 0.338 e. The van der Waals surface area contributed by atoms with Crippen molar-refractivity contribution >= 4 is 11.9 Å². The average molecular weight is 687 g/mol. The summed E-state index contributed by atoms with van der Waals surface area (Å²) in [5.41, 5.74) is -2.18. The number of esters is 2. The Hall–Kier alpha value is -1.78. The molecule has 4 aliphatic heterocycles. The van der Waals surface area contributed by atoms with Crippen molar-refractivity contribution < 1.29 is 43.9 Å². The molecule has 2 aliphatic carbocycles. The Balaban J connectivity index is 1.20. The van der Waals surface area contributed by atoms with Crippen molar-refractivity contribution in [2.45, 2.75) is 197 Å². The van der Waals surface area contributed by atoms with Crippen LogP contribution >= 0.6 is 0 Å². The molecule has 4 fully saturated rings. The number of rotatable bonds is 3. The van der Waals surface area contributed by atoms with Crippen LogP contribution in [0.3, 0.4) is 0 Å². The lowest BCUT2D eigenvalue weighted by Crippen LogP contribution is -2.58. The van der Waals surface area contributed by atoms with Gasteiger partial charge in [-0.25, -0.2) is 4.79 Å². The van der Waals surface area contributed by atoms with Gasteiger partial charge >= 0.3 is 11.9 Å². The van der Waals surface area contributed by atoms with Gasteiger partial charge in [-0.05, 0) is 150 Å². The van der Waals surface area contributed by atoms with Gasteiger partial charge < -0.3 is 34.3 Å². The molecule has 0 radical (unpaired) electrons. The van der Waals surface area contributed by atoms with Crippen LogP contribution in [0.2, 0.25) is 0 Å². The summed E-state index contributed by atoms with van der Waals surface area (Å²) in [6.07, 6.45) is 13.4. The number of aliphatic hydroxyl groups is 3. The summed E-state index contributed by atoms with van der Waals surface area (Å²) in [4.78, 5) is 27.7. The third-order valence-corrected chi connectivity index (χ3v) is 13.6. The van der Waals surface area contributed by atoms with E-state index in [0.717, 1.165) is 38.5 Å². The quantitative estimate of drug-likeness (QED) is 0.175. The molecule has 3 N–H and O–H groups in total. The van der Waals surface area contributed by atoms with Gasteiger partial charge in [0.1, 0.15) is 12.2 Å². The van der Waals surface area contributed by atoms with Gasteiger partial charge in [-0.1, -0.05) is 23.3 Å². The number of carbonyl (C=O) groups excluding carboxylic acids is 2. The minimum absolute atomic E-state index is 0.0616. The second-order valence-electron chi connectivity index (χ2n) is 17.7. The van der Waals surface area contributed by atoms with Crippen molar-refractivity contribution in [2.75, 3.05) is 0 Å². The molecule has 5 unspecified atom stereocenters. The highest BCUT2D eigenvalue weighted by molar-refractivity contribution is 5.81. The van der Waals surface area contributed by atoms with E-state index in [1.807, 2.05) is 0 Å². The second-order valence-corrected chi connectivity index (χ2v) is 17.7. The number of hydrogen-bond acceptors (Lipinski definition) is 9. The first kappa shape index (κ1) is 37.0. The molecule has 9 heteroatoms. The van der Waals surface area contributed by atoms with Gasteiger partial charge in [-0.2, -0.15) is 0 Å². The Kier molecular flexibility index (Phi) is 10.3. The van der Waals surface area contributed by atoms with E-state index < -0.39 is 46.8 Å². The largest absolute Gasteiger partial charge is 0.459 e. The first-order valence-corrected chi connectivity index (χ1v) is 19.2. The third kappa shape index (κ3) is 8.01. The fraction of sp³-hybridized carbons (Fsp3) is 0.850. The summed E-state index contributed by atoms with van der Waals surface area (Å²) in [5.74, 6) is -2.16. The Morgan fingerprint density at radius 2 is 1.22 bits per heavy atom. The van der Waals surface area contributed by atoms with Gasteiger partial charge in [0.25, 0.3) is 0 Å². The van der Waals surface area contributed by atoms with E-state index in [-0.39, 0.29) is 48.1 Å². The lowest BCUT2D eigenvalue weighted by molar-refractivity contribution is -0.215. The zero-order chi connectivity index (χ0) is 35.4. The number of ether oxygens (including phenoxy) is 4. The van der Waals surface area contributed by atoms with Crippen molar-refractivity contribution in [1.29, 1.82) is 0 Å². The second kappa shape index (κ2) is 13.6. The summed E-state index contributed by atoms with van der Waals surface area (Å²) in [6.45, 7) is 12.0. The number of epoxide rings is 2. The first-order valence-electron chi connectivity index (χ1n) is 19.2. The standard InChI is InChI=1S/C40H62O9/c1-25-9-7-18-36(3,43)32-23-27(15-20-38(5)30(48-38)13-11-25)29(34(41)46-32)17-22-40(45)28-16-21-39(6)31(49-39)14-12-26(2)10-8-19-37(4,44)33(24-28)47-35(40)42/h9-10,27-33,43-45H,7-8,11-24H2,1-6H3/b25-9+,26-10+/t27?,28-,29-,30?,31?,32?,33+,36+,37+,38+,39+,40?/m1/s1. The Labute approximate surface area is 293 Å². The monoisotopic (exact) mass is 686 g/mol. The highest BCUT2D eigenvalue weighted by Gasteiger charge is 2.58. The fourth-order valence-corrected chi connectivity index (χ4v) is 9.43. The molecule has 6 aliphatic rings.